The predicted octanol–water partition coefficient (Wildman–Crippen LogP) is 6.72. The van der Waals surface area contributed by atoms with Gasteiger partial charge in [-0.25, -0.2) is 0 Å². The monoisotopic (exact) mass is 332 g/mol. The molecule has 4 aromatic rings. The molecule has 0 radical (unpaired) electrons. The molecule has 0 spiro atoms. The van der Waals surface area contributed by atoms with Gasteiger partial charge in [0.25, 0.3) is 0 Å². The largest absolute Gasteiger partial charge is 0.0619 e. The van der Waals surface area contributed by atoms with Gasteiger partial charge in [0, 0.05) is 5.41 Å². The van der Waals surface area contributed by atoms with Gasteiger partial charge < -0.3 is 0 Å². The minimum Gasteiger partial charge on any atom is -0.0619 e. The van der Waals surface area contributed by atoms with Crippen LogP contribution in [0.15, 0.2) is 72.8 Å². The van der Waals surface area contributed by atoms with Crippen LogP contribution < -0.4 is 0 Å². The van der Waals surface area contributed by atoms with E-state index in [0.29, 0.717) is 0 Å². The van der Waals surface area contributed by atoms with Crippen molar-refractivity contribution < 1.29 is 0 Å². The summed E-state index contributed by atoms with van der Waals surface area (Å²) in [5.41, 5.74) is 11.7. The molecule has 0 saturated heterocycles. The highest BCUT2D eigenvalue weighted by Gasteiger charge is 2.37. The van der Waals surface area contributed by atoms with Crippen LogP contribution in [0.2, 0.25) is 0 Å². The Bertz CT molecular complexity index is 1220. The fourth-order valence-electron chi connectivity index (χ4n) is 5.16. The van der Waals surface area contributed by atoms with E-state index in [9.17, 15) is 0 Å². The first-order valence-electron chi connectivity index (χ1n) is 9.43. The lowest BCUT2D eigenvalue weighted by atomic mass is 9.81. The van der Waals surface area contributed by atoms with Crippen LogP contribution in [0, 0.1) is 0 Å². The van der Waals surface area contributed by atoms with Crippen molar-refractivity contribution in [2.45, 2.75) is 25.7 Å². The van der Waals surface area contributed by atoms with Crippen LogP contribution in [-0.4, -0.2) is 0 Å². The number of benzene rings is 4. The second-order valence-electron chi connectivity index (χ2n) is 8.22. The van der Waals surface area contributed by atoms with E-state index in [0.717, 1.165) is 6.42 Å². The molecule has 4 aromatic carbocycles. The Morgan fingerprint density at radius 2 is 1.46 bits per heavy atom. The molecule has 0 N–H and O–H groups in total. The third-order valence-corrected chi connectivity index (χ3v) is 6.51. The van der Waals surface area contributed by atoms with Crippen molar-refractivity contribution in [3.05, 3.63) is 95.1 Å². The van der Waals surface area contributed by atoms with Gasteiger partial charge in [-0.05, 0) is 67.8 Å². The van der Waals surface area contributed by atoms with Gasteiger partial charge in [-0.3, -0.25) is 0 Å². The van der Waals surface area contributed by atoms with Crippen LogP contribution in [0.1, 0.15) is 36.1 Å². The van der Waals surface area contributed by atoms with Crippen LogP contribution in [0.25, 0.3) is 33.0 Å². The predicted molar refractivity (Wildman–Crippen MR) is 110 cm³/mol. The topological polar surface area (TPSA) is 0 Å². The van der Waals surface area contributed by atoms with Crippen LogP contribution in [0.4, 0.5) is 0 Å². The Balaban J connectivity index is 1.65. The summed E-state index contributed by atoms with van der Waals surface area (Å²) >= 11 is 0. The highest BCUT2D eigenvalue weighted by atomic mass is 14.4. The third-order valence-electron chi connectivity index (χ3n) is 6.51. The quantitative estimate of drug-likeness (QED) is 0.295. The molecule has 6 rings (SSSR count). The van der Waals surface area contributed by atoms with Crippen LogP contribution in [0.3, 0.4) is 0 Å². The molecule has 0 unspecified atom stereocenters. The first-order valence-corrected chi connectivity index (χ1v) is 9.43. The molecule has 124 valence electrons. The van der Waals surface area contributed by atoms with Gasteiger partial charge in [0.05, 0.1) is 0 Å². The second kappa shape index (κ2) is 4.65. The van der Waals surface area contributed by atoms with Gasteiger partial charge in [0.1, 0.15) is 0 Å². The normalized spacial score (nSPS) is 15.5. The molecule has 0 heterocycles. The van der Waals surface area contributed by atoms with Crippen molar-refractivity contribution in [3.63, 3.8) is 0 Å². The first kappa shape index (κ1) is 14.3. The molecule has 0 bridgehead atoms. The van der Waals surface area contributed by atoms with E-state index >= 15 is 0 Å². The summed E-state index contributed by atoms with van der Waals surface area (Å²) in [7, 11) is 0. The Morgan fingerprint density at radius 1 is 0.654 bits per heavy atom. The molecule has 0 amide bonds. The Kier molecular flexibility index (Phi) is 2.56. The Labute approximate surface area is 154 Å². The number of fused-ring (bicyclic) bond motifs is 8. The minimum atomic E-state index is 0.0811. The lowest BCUT2D eigenvalue weighted by molar-refractivity contribution is 0.659. The fourth-order valence-corrected chi connectivity index (χ4v) is 5.16. The summed E-state index contributed by atoms with van der Waals surface area (Å²) in [5.74, 6) is 0. The van der Waals surface area contributed by atoms with E-state index in [4.69, 9.17) is 0 Å². The van der Waals surface area contributed by atoms with Gasteiger partial charge in [-0.1, -0.05) is 80.6 Å². The van der Waals surface area contributed by atoms with Crippen molar-refractivity contribution in [1.82, 2.24) is 0 Å². The zero-order valence-electron chi connectivity index (χ0n) is 15.1. The summed E-state index contributed by atoms with van der Waals surface area (Å²) in [6.07, 6.45) is 1.05. The minimum absolute atomic E-state index is 0.0811. The molecule has 0 aromatic heterocycles. The lowest BCUT2D eigenvalue weighted by Gasteiger charge is -2.22. The van der Waals surface area contributed by atoms with E-state index in [1.807, 2.05) is 0 Å². The maximum absolute atomic E-state index is 2.49. The Morgan fingerprint density at radius 3 is 2.38 bits per heavy atom. The van der Waals surface area contributed by atoms with Crippen molar-refractivity contribution in [3.8, 4) is 22.3 Å². The second-order valence-corrected chi connectivity index (χ2v) is 8.22. The molecule has 0 nitrogen and oxygen atoms in total. The SMILES string of the molecule is CC1(C)c2ccccc2-c2cc3c(cc21)Cc1c-3ccc2ccccc12. The van der Waals surface area contributed by atoms with E-state index in [1.165, 1.54) is 55.3 Å². The number of hydrogen-bond acceptors (Lipinski definition) is 0. The maximum atomic E-state index is 2.49. The fraction of sp³-hybridized carbons (Fsp3) is 0.154. The molecule has 0 heteroatoms. The van der Waals surface area contributed by atoms with Gasteiger partial charge in [-0.2, -0.15) is 0 Å². The van der Waals surface area contributed by atoms with Crippen molar-refractivity contribution >= 4 is 10.8 Å². The third kappa shape index (κ3) is 1.65. The summed E-state index contributed by atoms with van der Waals surface area (Å²) in [6.45, 7) is 4.73. The van der Waals surface area contributed by atoms with E-state index in [-0.39, 0.29) is 5.41 Å². The van der Waals surface area contributed by atoms with Crippen LogP contribution in [0.5, 0.6) is 0 Å². The Hall–Kier alpha value is -2.86. The number of rotatable bonds is 0. The van der Waals surface area contributed by atoms with Gasteiger partial charge in [0.15, 0.2) is 0 Å². The van der Waals surface area contributed by atoms with Crippen molar-refractivity contribution in [2.24, 2.45) is 0 Å². The maximum Gasteiger partial charge on any atom is 0.0158 e. The molecule has 0 atom stereocenters. The highest BCUT2D eigenvalue weighted by molar-refractivity contribution is 5.97. The summed E-state index contributed by atoms with van der Waals surface area (Å²) in [6, 6.07) is 27.2. The number of hydrogen-bond donors (Lipinski definition) is 0. The zero-order valence-corrected chi connectivity index (χ0v) is 15.1. The molecule has 2 aliphatic carbocycles. The van der Waals surface area contributed by atoms with Gasteiger partial charge in [0.2, 0.25) is 0 Å². The molecular formula is C26H20. The van der Waals surface area contributed by atoms with Crippen LogP contribution >= 0.6 is 0 Å². The van der Waals surface area contributed by atoms with E-state index in [1.54, 1.807) is 0 Å². The van der Waals surface area contributed by atoms with Crippen LogP contribution in [-0.2, 0) is 11.8 Å². The summed E-state index contributed by atoms with van der Waals surface area (Å²) in [4.78, 5) is 0. The van der Waals surface area contributed by atoms with Crippen molar-refractivity contribution in [2.75, 3.05) is 0 Å². The smallest absolute Gasteiger partial charge is 0.0158 e. The molecule has 26 heavy (non-hydrogen) atoms. The van der Waals surface area contributed by atoms with Crippen molar-refractivity contribution in [1.29, 1.82) is 0 Å². The highest BCUT2D eigenvalue weighted by Crippen LogP contribution is 2.52. The van der Waals surface area contributed by atoms with Gasteiger partial charge >= 0.3 is 0 Å². The standard InChI is InChI=1S/C26H20/c1-26(2)24-10-6-5-9-20(24)23-15-21-17(14-25(23)26)13-22-18-8-4-3-7-16(18)11-12-19(21)22/h3-12,14-15H,13H2,1-2H3. The van der Waals surface area contributed by atoms with E-state index < -0.39 is 0 Å². The summed E-state index contributed by atoms with van der Waals surface area (Å²) in [5, 5.41) is 2.75. The molecule has 0 aliphatic heterocycles. The molecule has 2 aliphatic rings. The van der Waals surface area contributed by atoms with Gasteiger partial charge in [-0.15, -0.1) is 0 Å². The average molecular weight is 332 g/mol. The first-order chi connectivity index (χ1) is 12.6. The molecule has 0 saturated carbocycles. The zero-order chi connectivity index (χ0) is 17.5. The lowest BCUT2D eigenvalue weighted by Crippen LogP contribution is -2.15. The molecule has 0 fully saturated rings. The molecular weight excluding hydrogens is 312 g/mol. The summed E-state index contributed by atoms with van der Waals surface area (Å²) < 4.78 is 0. The average Bonchev–Trinajstić information content (AvgIpc) is 3.14. The van der Waals surface area contributed by atoms with E-state index in [2.05, 4.69) is 86.6 Å².